The molecule has 0 fully saturated rings. The number of pyridine rings is 2. The number of hydrogen-bond donors (Lipinski definition) is 3. The summed E-state index contributed by atoms with van der Waals surface area (Å²) in [5.74, 6) is -0.473. The number of amides is 1. The van der Waals surface area contributed by atoms with Crippen LogP contribution in [-0.4, -0.2) is 31.8 Å². The van der Waals surface area contributed by atoms with Crippen molar-refractivity contribution in [1.82, 2.24) is 15.4 Å². The Labute approximate surface area is 172 Å². The highest BCUT2D eigenvalue weighted by Crippen LogP contribution is 2.25. The molecule has 3 N–H and O–H groups in total. The van der Waals surface area contributed by atoms with Crippen LogP contribution in [-0.2, 0) is 0 Å². The van der Waals surface area contributed by atoms with E-state index in [0.29, 0.717) is 33.4 Å². The minimum Gasteiger partial charge on any atom is -0.508 e. The second-order valence-electron chi connectivity index (χ2n) is 6.65. The van der Waals surface area contributed by atoms with Crippen LogP contribution in [0.1, 0.15) is 22.8 Å². The molecule has 0 atom stereocenters. The number of benzene rings is 2. The first-order valence-corrected chi connectivity index (χ1v) is 9.20. The molecule has 0 spiro atoms. The van der Waals surface area contributed by atoms with Gasteiger partial charge in [0.15, 0.2) is 0 Å². The van der Waals surface area contributed by atoms with Crippen LogP contribution >= 0.6 is 0 Å². The second kappa shape index (κ2) is 8.00. The van der Waals surface area contributed by atoms with Crippen molar-refractivity contribution in [3.8, 4) is 22.8 Å². The number of fused-ring (bicyclic) bond motifs is 1. The van der Waals surface area contributed by atoms with Crippen molar-refractivity contribution in [3.63, 3.8) is 0 Å². The molecular formula is C23H18N4O3. The fourth-order valence-electron chi connectivity index (χ4n) is 3.09. The van der Waals surface area contributed by atoms with E-state index in [4.69, 9.17) is 0 Å². The number of carbonyl (C=O) groups is 1. The molecule has 0 saturated carbocycles. The van der Waals surface area contributed by atoms with Crippen molar-refractivity contribution in [2.24, 2.45) is 5.10 Å². The summed E-state index contributed by atoms with van der Waals surface area (Å²) in [7, 11) is 0. The fraction of sp³-hybridized carbons (Fsp3) is 0.0435. The molecule has 0 unspecified atom stereocenters. The van der Waals surface area contributed by atoms with Crippen LogP contribution in [0.25, 0.3) is 22.2 Å². The molecule has 2 heterocycles. The molecule has 30 heavy (non-hydrogen) atoms. The van der Waals surface area contributed by atoms with Gasteiger partial charge in [-0.15, -0.1) is 0 Å². The van der Waals surface area contributed by atoms with E-state index < -0.39 is 5.91 Å². The van der Waals surface area contributed by atoms with Gasteiger partial charge in [-0.2, -0.15) is 5.10 Å². The third-order valence-electron chi connectivity index (χ3n) is 4.61. The molecule has 2 aromatic heterocycles. The van der Waals surface area contributed by atoms with Gasteiger partial charge in [-0.1, -0.05) is 18.2 Å². The zero-order valence-corrected chi connectivity index (χ0v) is 16.1. The van der Waals surface area contributed by atoms with E-state index in [1.54, 1.807) is 31.5 Å². The number of nitrogens with one attached hydrogen (secondary N) is 1. The van der Waals surface area contributed by atoms with E-state index in [2.05, 4.69) is 20.5 Å². The lowest BCUT2D eigenvalue weighted by Crippen LogP contribution is -2.20. The first-order chi connectivity index (χ1) is 14.5. The molecule has 0 bridgehead atoms. The van der Waals surface area contributed by atoms with E-state index >= 15 is 0 Å². The lowest BCUT2D eigenvalue weighted by atomic mass is 10.0. The number of phenols is 2. The molecule has 0 saturated heterocycles. The lowest BCUT2D eigenvalue weighted by molar-refractivity contribution is 0.0956. The molecular weight excluding hydrogens is 380 g/mol. The number of aromatic nitrogens is 2. The predicted molar refractivity (Wildman–Crippen MR) is 114 cm³/mol. The van der Waals surface area contributed by atoms with Gasteiger partial charge in [0.2, 0.25) is 0 Å². The molecule has 0 radical (unpaired) electrons. The summed E-state index contributed by atoms with van der Waals surface area (Å²) >= 11 is 0. The standard InChI is InChI=1S/C23H18N4O3/c1-14(18-11-16(28)8-9-22(18)29)26-27-23(30)19-12-21(15-5-4-10-24-13-15)25-20-7-3-2-6-17(19)20/h2-13,28-29H,1H3,(H,27,30)/b26-14-. The number of hydrazone groups is 1. The molecule has 0 aliphatic rings. The Balaban J connectivity index is 1.71. The Kier molecular flexibility index (Phi) is 5.09. The summed E-state index contributed by atoms with van der Waals surface area (Å²) in [5, 5.41) is 24.4. The highest BCUT2D eigenvalue weighted by Gasteiger charge is 2.14. The van der Waals surface area contributed by atoms with Gasteiger partial charge in [-0.05, 0) is 49.4 Å². The largest absolute Gasteiger partial charge is 0.508 e. The van der Waals surface area contributed by atoms with Gasteiger partial charge >= 0.3 is 0 Å². The van der Waals surface area contributed by atoms with Crippen LogP contribution in [0, 0.1) is 0 Å². The van der Waals surface area contributed by atoms with Crippen LogP contribution < -0.4 is 5.43 Å². The first kappa shape index (κ1) is 19.1. The zero-order chi connectivity index (χ0) is 21.1. The summed E-state index contributed by atoms with van der Waals surface area (Å²) in [4.78, 5) is 21.7. The van der Waals surface area contributed by atoms with Crippen LogP contribution in [0.15, 0.2) is 78.2 Å². The topological polar surface area (TPSA) is 108 Å². The van der Waals surface area contributed by atoms with Crippen LogP contribution in [0.2, 0.25) is 0 Å². The highest BCUT2D eigenvalue weighted by atomic mass is 16.3. The number of rotatable bonds is 4. The molecule has 1 amide bonds. The van der Waals surface area contributed by atoms with Crippen molar-refractivity contribution in [2.45, 2.75) is 6.92 Å². The molecule has 7 heteroatoms. The number of phenolic OH excluding ortho intramolecular Hbond substituents is 2. The van der Waals surface area contributed by atoms with Gasteiger partial charge in [0, 0.05) is 28.9 Å². The molecule has 0 aliphatic carbocycles. The molecule has 4 rings (SSSR count). The number of nitrogens with zero attached hydrogens (tertiary/aromatic N) is 3. The Morgan fingerprint density at radius 2 is 1.83 bits per heavy atom. The van der Waals surface area contributed by atoms with Crippen molar-refractivity contribution in [1.29, 1.82) is 0 Å². The fourth-order valence-corrected chi connectivity index (χ4v) is 3.09. The van der Waals surface area contributed by atoms with E-state index in [1.165, 1.54) is 18.2 Å². The van der Waals surface area contributed by atoms with E-state index in [9.17, 15) is 15.0 Å². The Bertz CT molecular complexity index is 1270. The maximum absolute atomic E-state index is 13.0. The number of carbonyl (C=O) groups excluding carboxylic acids is 1. The third kappa shape index (κ3) is 3.81. The summed E-state index contributed by atoms with van der Waals surface area (Å²) in [6, 6.07) is 16.8. The highest BCUT2D eigenvalue weighted by molar-refractivity contribution is 6.08. The van der Waals surface area contributed by atoms with E-state index in [0.717, 1.165) is 5.56 Å². The zero-order valence-electron chi connectivity index (χ0n) is 16.1. The molecule has 7 nitrogen and oxygen atoms in total. The van der Waals surface area contributed by atoms with E-state index in [1.807, 2.05) is 30.3 Å². The number of hydrogen-bond acceptors (Lipinski definition) is 6. The summed E-state index contributed by atoms with van der Waals surface area (Å²) in [6.07, 6.45) is 3.36. The quantitative estimate of drug-likeness (QED) is 0.275. The summed E-state index contributed by atoms with van der Waals surface area (Å²) < 4.78 is 0. The van der Waals surface area contributed by atoms with Crippen LogP contribution in [0.4, 0.5) is 0 Å². The maximum Gasteiger partial charge on any atom is 0.272 e. The van der Waals surface area contributed by atoms with Gasteiger partial charge in [-0.3, -0.25) is 9.78 Å². The average molecular weight is 398 g/mol. The van der Waals surface area contributed by atoms with Crippen LogP contribution in [0.5, 0.6) is 11.5 Å². The van der Waals surface area contributed by atoms with Crippen molar-refractivity contribution >= 4 is 22.5 Å². The van der Waals surface area contributed by atoms with Crippen molar-refractivity contribution in [2.75, 3.05) is 0 Å². The van der Waals surface area contributed by atoms with Gasteiger partial charge in [0.1, 0.15) is 11.5 Å². The summed E-state index contributed by atoms with van der Waals surface area (Å²) in [6.45, 7) is 1.63. The SMILES string of the molecule is C/C(=N/NC(=O)c1cc(-c2cccnc2)nc2ccccc12)c1cc(O)ccc1O. The second-order valence-corrected chi connectivity index (χ2v) is 6.65. The predicted octanol–water partition coefficient (Wildman–Crippen LogP) is 3.86. The average Bonchev–Trinajstić information content (AvgIpc) is 2.78. The Morgan fingerprint density at radius 1 is 1.00 bits per heavy atom. The number of para-hydroxylation sites is 1. The smallest absolute Gasteiger partial charge is 0.272 e. The normalized spacial score (nSPS) is 11.4. The van der Waals surface area contributed by atoms with Gasteiger partial charge in [0.25, 0.3) is 5.91 Å². The van der Waals surface area contributed by atoms with E-state index in [-0.39, 0.29) is 11.5 Å². The van der Waals surface area contributed by atoms with Crippen molar-refractivity contribution in [3.05, 3.63) is 84.2 Å². The molecule has 2 aromatic carbocycles. The minimum absolute atomic E-state index is 0.00934. The Hall–Kier alpha value is -4.26. The molecule has 148 valence electrons. The molecule has 4 aromatic rings. The third-order valence-corrected chi connectivity index (χ3v) is 4.61. The molecule has 0 aliphatic heterocycles. The first-order valence-electron chi connectivity index (χ1n) is 9.20. The lowest BCUT2D eigenvalue weighted by Gasteiger charge is -2.10. The number of aromatic hydroxyl groups is 2. The minimum atomic E-state index is -0.419. The van der Waals surface area contributed by atoms with Gasteiger partial charge in [-0.25, -0.2) is 10.4 Å². The van der Waals surface area contributed by atoms with Crippen molar-refractivity contribution < 1.29 is 15.0 Å². The van der Waals surface area contributed by atoms with Crippen LogP contribution in [0.3, 0.4) is 0 Å². The maximum atomic E-state index is 13.0. The van der Waals surface area contributed by atoms with Gasteiger partial charge < -0.3 is 10.2 Å². The Morgan fingerprint density at radius 3 is 2.63 bits per heavy atom. The van der Waals surface area contributed by atoms with Gasteiger partial charge in [0.05, 0.1) is 22.5 Å². The summed E-state index contributed by atoms with van der Waals surface area (Å²) in [5.41, 5.74) is 5.71. The monoisotopic (exact) mass is 398 g/mol.